The molecule has 1 aliphatic rings. The summed E-state index contributed by atoms with van der Waals surface area (Å²) in [5.74, 6) is 0.898. The predicted octanol–water partition coefficient (Wildman–Crippen LogP) is 3.44. The highest BCUT2D eigenvalue weighted by Crippen LogP contribution is 2.26. The first-order valence-electron chi connectivity index (χ1n) is 4.11. The van der Waals surface area contributed by atoms with Crippen molar-refractivity contribution in [3.05, 3.63) is 11.5 Å². The molecule has 0 aromatic heterocycles. The molecule has 0 amide bonds. The van der Waals surface area contributed by atoms with Crippen molar-refractivity contribution in [2.24, 2.45) is 5.92 Å². The molecule has 1 heterocycles. The number of hydrogen-bond acceptors (Lipinski definition) is 1. The van der Waals surface area contributed by atoms with Crippen molar-refractivity contribution in [1.29, 1.82) is 0 Å². The van der Waals surface area contributed by atoms with Crippen LogP contribution in [0.1, 0.15) is 33.1 Å². The Morgan fingerprint density at radius 3 is 3.00 bits per heavy atom. The van der Waals surface area contributed by atoms with Crippen LogP contribution in [-0.4, -0.2) is 5.25 Å². The maximum Gasteiger partial charge on any atom is 0.00856 e. The number of thioether (sulfide) groups is 1. The standard InChI is InChI=1S/C9H16S/c1-8-6-4-3-5-7-10-9(8)2/h5,7-9H,3-4,6H2,1-2H3/b7-5-. The molecule has 0 saturated heterocycles. The molecule has 0 radical (unpaired) electrons. The van der Waals surface area contributed by atoms with Crippen molar-refractivity contribution in [3.63, 3.8) is 0 Å². The van der Waals surface area contributed by atoms with Gasteiger partial charge < -0.3 is 0 Å². The molecule has 1 heteroatoms. The van der Waals surface area contributed by atoms with Crippen molar-refractivity contribution in [1.82, 2.24) is 0 Å². The highest BCUT2D eigenvalue weighted by atomic mass is 32.2. The first-order chi connectivity index (χ1) is 4.80. The van der Waals surface area contributed by atoms with Gasteiger partial charge in [-0.25, -0.2) is 0 Å². The molecule has 0 aromatic rings. The van der Waals surface area contributed by atoms with E-state index in [-0.39, 0.29) is 0 Å². The van der Waals surface area contributed by atoms with E-state index in [1.165, 1.54) is 19.3 Å². The third kappa shape index (κ3) is 2.37. The molecule has 58 valence electrons. The Hall–Kier alpha value is 0.0900. The lowest BCUT2D eigenvalue weighted by molar-refractivity contribution is 0.508. The molecule has 0 bridgehead atoms. The van der Waals surface area contributed by atoms with Crippen molar-refractivity contribution in [2.45, 2.75) is 38.4 Å². The molecule has 1 aliphatic heterocycles. The summed E-state index contributed by atoms with van der Waals surface area (Å²) in [4.78, 5) is 0. The van der Waals surface area contributed by atoms with Crippen molar-refractivity contribution in [3.8, 4) is 0 Å². The van der Waals surface area contributed by atoms with Gasteiger partial charge in [-0.2, -0.15) is 0 Å². The molecule has 0 aliphatic carbocycles. The molecule has 0 spiro atoms. The summed E-state index contributed by atoms with van der Waals surface area (Å²) in [5, 5.41) is 3.08. The van der Waals surface area contributed by atoms with Crippen LogP contribution in [0.25, 0.3) is 0 Å². The van der Waals surface area contributed by atoms with Crippen LogP contribution in [0.2, 0.25) is 0 Å². The molecule has 2 atom stereocenters. The maximum atomic E-state index is 2.36. The third-order valence-corrected chi connectivity index (χ3v) is 3.46. The zero-order valence-corrected chi connectivity index (χ0v) is 7.66. The second-order valence-electron chi connectivity index (χ2n) is 3.12. The Balaban J connectivity index is 2.41. The molecule has 2 unspecified atom stereocenters. The van der Waals surface area contributed by atoms with Gasteiger partial charge in [-0.05, 0) is 30.6 Å². The van der Waals surface area contributed by atoms with Gasteiger partial charge in [0.05, 0.1) is 0 Å². The zero-order valence-electron chi connectivity index (χ0n) is 6.84. The Morgan fingerprint density at radius 2 is 2.20 bits per heavy atom. The first kappa shape index (κ1) is 8.19. The van der Waals surface area contributed by atoms with Crippen LogP contribution in [-0.2, 0) is 0 Å². The Morgan fingerprint density at radius 1 is 1.40 bits per heavy atom. The molecule has 0 fully saturated rings. The van der Waals surface area contributed by atoms with Crippen molar-refractivity contribution >= 4 is 11.8 Å². The van der Waals surface area contributed by atoms with Gasteiger partial charge in [-0.15, -0.1) is 11.8 Å². The van der Waals surface area contributed by atoms with Gasteiger partial charge in [0.15, 0.2) is 0 Å². The van der Waals surface area contributed by atoms with Crippen LogP contribution >= 0.6 is 11.8 Å². The topological polar surface area (TPSA) is 0 Å². The maximum absolute atomic E-state index is 2.36. The van der Waals surface area contributed by atoms with E-state index in [1.807, 2.05) is 11.8 Å². The van der Waals surface area contributed by atoms with E-state index in [0.29, 0.717) is 0 Å². The summed E-state index contributed by atoms with van der Waals surface area (Å²) in [6, 6.07) is 0. The largest absolute Gasteiger partial charge is 0.131 e. The third-order valence-electron chi connectivity index (χ3n) is 2.22. The molecule has 0 N–H and O–H groups in total. The monoisotopic (exact) mass is 156 g/mol. The smallest absolute Gasteiger partial charge is 0.00856 e. The van der Waals surface area contributed by atoms with Crippen LogP contribution < -0.4 is 0 Å². The van der Waals surface area contributed by atoms with Gasteiger partial charge in [0, 0.05) is 5.25 Å². The number of allylic oxidation sites excluding steroid dienone is 1. The highest BCUT2D eigenvalue weighted by molar-refractivity contribution is 8.02. The van der Waals surface area contributed by atoms with Gasteiger partial charge >= 0.3 is 0 Å². The molecular formula is C9H16S. The van der Waals surface area contributed by atoms with Crippen LogP contribution in [0.5, 0.6) is 0 Å². The average molecular weight is 156 g/mol. The summed E-state index contributed by atoms with van der Waals surface area (Å²) < 4.78 is 0. The summed E-state index contributed by atoms with van der Waals surface area (Å²) >= 11 is 1.98. The van der Waals surface area contributed by atoms with Crippen molar-refractivity contribution in [2.75, 3.05) is 0 Å². The van der Waals surface area contributed by atoms with Crippen LogP contribution in [0.3, 0.4) is 0 Å². The van der Waals surface area contributed by atoms with E-state index in [0.717, 1.165) is 11.2 Å². The zero-order chi connectivity index (χ0) is 7.40. The minimum atomic E-state index is 0.816. The number of hydrogen-bond donors (Lipinski definition) is 0. The second kappa shape index (κ2) is 4.07. The van der Waals surface area contributed by atoms with E-state index >= 15 is 0 Å². The molecule has 10 heavy (non-hydrogen) atoms. The Labute approximate surface area is 68.1 Å². The molecule has 0 saturated carbocycles. The van der Waals surface area contributed by atoms with E-state index in [1.54, 1.807) is 0 Å². The predicted molar refractivity (Wildman–Crippen MR) is 49.2 cm³/mol. The minimum absolute atomic E-state index is 0.816. The fourth-order valence-corrected chi connectivity index (χ4v) is 2.07. The second-order valence-corrected chi connectivity index (χ2v) is 4.41. The van der Waals surface area contributed by atoms with Crippen molar-refractivity contribution < 1.29 is 0 Å². The number of rotatable bonds is 0. The molecular weight excluding hydrogens is 140 g/mol. The van der Waals surface area contributed by atoms with E-state index in [9.17, 15) is 0 Å². The van der Waals surface area contributed by atoms with Gasteiger partial charge in [0.1, 0.15) is 0 Å². The van der Waals surface area contributed by atoms with Crippen LogP contribution in [0, 0.1) is 5.92 Å². The SMILES string of the molecule is CC1CCC/C=C\SC1C. The fourth-order valence-electron chi connectivity index (χ4n) is 1.17. The van der Waals surface area contributed by atoms with E-state index in [2.05, 4.69) is 25.3 Å². The Kier molecular flexibility index (Phi) is 3.33. The summed E-state index contributed by atoms with van der Waals surface area (Å²) in [6.45, 7) is 4.68. The summed E-state index contributed by atoms with van der Waals surface area (Å²) in [6.07, 6.45) is 6.36. The highest BCUT2D eigenvalue weighted by Gasteiger charge is 2.11. The van der Waals surface area contributed by atoms with Gasteiger partial charge in [-0.3, -0.25) is 0 Å². The molecule has 0 aromatic carbocycles. The Bertz CT molecular complexity index is 118. The van der Waals surface area contributed by atoms with Gasteiger partial charge in [0.25, 0.3) is 0 Å². The lowest BCUT2D eigenvalue weighted by Gasteiger charge is -2.18. The normalized spacial score (nSPS) is 38.2. The lowest BCUT2D eigenvalue weighted by atomic mass is 10.0. The summed E-state index contributed by atoms with van der Waals surface area (Å²) in [7, 11) is 0. The molecule has 1 rings (SSSR count). The fraction of sp³-hybridized carbons (Fsp3) is 0.778. The van der Waals surface area contributed by atoms with Crippen LogP contribution in [0.4, 0.5) is 0 Å². The average Bonchev–Trinajstić information content (AvgIpc) is 1.92. The minimum Gasteiger partial charge on any atom is -0.131 e. The van der Waals surface area contributed by atoms with Gasteiger partial charge in [-0.1, -0.05) is 19.9 Å². The molecule has 0 nitrogen and oxygen atoms in total. The quantitative estimate of drug-likeness (QED) is 0.517. The van der Waals surface area contributed by atoms with E-state index in [4.69, 9.17) is 0 Å². The van der Waals surface area contributed by atoms with Crippen LogP contribution in [0.15, 0.2) is 11.5 Å². The summed E-state index contributed by atoms with van der Waals surface area (Å²) in [5.41, 5.74) is 0. The van der Waals surface area contributed by atoms with E-state index < -0.39 is 0 Å². The lowest BCUT2D eigenvalue weighted by Crippen LogP contribution is -2.09. The van der Waals surface area contributed by atoms with Gasteiger partial charge in [0.2, 0.25) is 0 Å². The first-order valence-corrected chi connectivity index (χ1v) is 5.05.